The normalized spacial score (nSPS) is 11.8. The lowest BCUT2D eigenvalue weighted by Crippen LogP contribution is -2.15. The van der Waals surface area contributed by atoms with E-state index in [0.717, 1.165) is 27.9 Å². The molecular formula is C23H26N6O3S2. The minimum atomic E-state index is -3.73. The quantitative estimate of drug-likeness (QED) is 0.370. The molecule has 0 saturated carbocycles. The van der Waals surface area contributed by atoms with Crippen molar-refractivity contribution < 1.29 is 13.2 Å². The molecule has 4 rings (SSSR count). The van der Waals surface area contributed by atoms with Crippen molar-refractivity contribution >= 4 is 49.1 Å². The number of fused-ring (bicyclic) bond motifs is 1. The minimum Gasteiger partial charge on any atom is -0.326 e. The summed E-state index contributed by atoms with van der Waals surface area (Å²) in [7, 11) is -3.73. The van der Waals surface area contributed by atoms with E-state index in [0.29, 0.717) is 17.2 Å². The molecule has 11 heteroatoms. The summed E-state index contributed by atoms with van der Waals surface area (Å²) in [4.78, 5) is 21.3. The number of nitrogens with one attached hydrogen (secondary N) is 2. The van der Waals surface area contributed by atoms with Crippen molar-refractivity contribution in [1.82, 2.24) is 19.7 Å². The van der Waals surface area contributed by atoms with Crippen LogP contribution in [-0.2, 0) is 21.2 Å². The molecule has 2 N–H and O–H groups in total. The standard InChI is InChI=1S/C23H26N6O3S2/c1-14(2)29-22-20(13-25-29)15(3)19(16(4)26-22)9-10-21(30)27-17-5-7-18(8-6-17)34(31,32)28-23-24-11-12-33-23/h5-8,11-14H,9-10H2,1-4H3,(H,24,28)(H,27,30). The molecule has 3 aromatic heterocycles. The number of thiazole rings is 1. The molecule has 0 unspecified atom stereocenters. The molecule has 0 aliphatic rings. The van der Waals surface area contributed by atoms with Crippen LogP contribution < -0.4 is 10.0 Å². The van der Waals surface area contributed by atoms with Crippen LogP contribution in [0.3, 0.4) is 0 Å². The Kier molecular flexibility index (Phi) is 6.67. The Labute approximate surface area is 202 Å². The number of amides is 1. The lowest BCUT2D eigenvalue weighted by molar-refractivity contribution is -0.116. The van der Waals surface area contributed by atoms with E-state index in [1.54, 1.807) is 17.5 Å². The highest BCUT2D eigenvalue weighted by Gasteiger charge is 2.17. The fourth-order valence-corrected chi connectivity index (χ4v) is 5.55. The lowest BCUT2D eigenvalue weighted by Gasteiger charge is -2.13. The van der Waals surface area contributed by atoms with Crippen molar-refractivity contribution in [3.8, 4) is 0 Å². The van der Waals surface area contributed by atoms with Gasteiger partial charge in [-0.3, -0.25) is 9.52 Å². The molecule has 0 saturated heterocycles. The van der Waals surface area contributed by atoms with Gasteiger partial charge in [-0.25, -0.2) is 23.1 Å². The molecule has 0 radical (unpaired) electrons. The van der Waals surface area contributed by atoms with Crippen LogP contribution in [0.4, 0.5) is 10.8 Å². The summed E-state index contributed by atoms with van der Waals surface area (Å²) < 4.78 is 29.2. The molecule has 0 fully saturated rings. The monoisotopic (exact) mass is 498 g/mol. The molecule has 0 aliphatic heterocycles. The molecule has 4 aromatic rings. The van der Waals surface area contributed by atoms with Crippen LogP contribution >= 0.6 is 11.3 Å². The Balaban J connectivity index is 1.41. The van der Waals surface area contributed by atoms with Gasteiger partial charge in [-0.15, -0.1) is 11.3 Å². The van der Waals surface area contributed by atoms with E-state index in [9.17, 15) is 13.2 Å². The summed E-state index contributed by atoms with van der Waals surface area (Å²) in [5, 5.41) is 10.3. The number of aromatic nitrogens is 4. The lowest BCUT2D eigenvalue weighted by atomic mass is 10.0. The highest BCUT2D eigenvalue weighted by atomic mass is 32.2. The van der Waals surface area contributed by atoms with Crippen LogP contribution in [0.15, 0.2) is 46.9 Å². The smallest absolute Gasteiger partial charge is 0.263 e. The maximum Gasteiger partial charge on any atom is 0.263 e. The van der Waals surface area contributed by atoms with Gasteiger partial charge in [-0.2, -0.15) is 5.10 Å². The number of rotatable bonds is 8. The van der Waals surface area contributed by atoms with Gasteiger partial charge in [0.1, 0.15) is 0 Å². The predicted octanol–water partition coefficient (Wildman–Crippen LogP) is 4.46. The van der Waals surface area contributed by atoms with Crippen LogP contribution in [-0.4, -0.2) is 34.1 Å². The summed E-state index contributed by atoms with van der Waals surface area (Å²) >= 11 is 1.20. The summed E-state index contributed by atoms with van der Waals surface area (Å²) in [5.41, 5.74) is 4.41. The Bertz CT molecular complexity index is 1430. The van der Waals surface area contributed by atoms with Crippen LogP contribution in [0.2, 0.25) is 0 Å². The molecule has 178 valence electrons. The van der Waals surface area contributed by atoms with Crippen molar-refractivity contribution in [3.05, 3.63) is 58.9 Å². The molecule has 0 spiro atoms. The zero-order valence-electron chi connectivity index (χ0n) is 19.4. The third-order valence-electron chi connectivity index (χ3n) is 5.53. The van der Waals surface area contributed by atoms with E-state index in [4.69, 9.17) is 4.98 Å². The number of hydrogen-bond donors (Lipinski definition) is 2. The van der Waals surface area contributed by atoms with Gasteiger partial charge < -0.3 is 5.32 Å². The number of sulfonamides is 1. The highest BCUT2D eigenvalue weighted by Crippen LogP contribution is 2.25. The fraction of sp³-hybridized carbons (Fsp3) is 0.304. The number of aryl methyl sites for hydroxylation is 2. The second kappa shape index (κ2) is 9.51. The maximum atomic E-state index is 12.6. The Morgan fingerprint density at radius 3 is 2.56 bits per heavy atom. The summed E-state index contributed by atoms with van der Waals surface area (Å²) in [6.07, 6.45) is 4.18. The first kappa shape index (κ1) is 23.8. The first-order valence-electron chi connectivity index (χ1n) is 10.8. The average molecular weight is 499 g/mol. The molecule has 1 aromatic carbocycles. The summed E-state index contributed by atoms with van der Waals surface area (Å²) in [6, 6.07) is 6.25. The number of carbonyl (C=O) groups is 1. The zero-order valence-corrected chi connectivity index (χ0v) is 21.0. The van der Waals surface area contributed by atoms with E-state index in [2.05, 4.69) is 34.0 Å². The average Bonchev–Trinajstić information content (AvgIpc) is 3.43. The van der Waals surface area contributed by atoms with Crippen molar-refractivity contribution in [3.63, 3.8) is 0 Å². The second-order valence-electron chi connectivity index (χ2n) is 8.24. The molecule has 0 aliphatic carbocycles. The van der Waals surface area contributed by atoms with Gasteiger partial charge in [-0.1, -0.05) is 0 Å². The van der Waals surface area contributed by atoms with Gasteiger partial charge in [0.25, 0.3) is 10.0 Å². The van der Waals surface area contributed by atoms with Crippen LogP contribution in [0.25, 0.3) is 11.0 Å². The third-order valence-corrected chi connectivity index (χ3v) is 7.70. The van der Waals surface area contributed by atoms with E-state index in [1.807, 2.05) is 24.7 Å². The third kappa shape index (κ3) is 4.95. The molecule has 0 atom stereocenters. The molecule has 34 heavy (non-hydrogen) atoms. The number of pyridine rings is 1. The Morgan fingerprint density at radius 1 is 1.18 bits per heavy atom. The van der Waals surface area contributed by atoms with Crippen LogP contribution in [0, 0.1) is 13.8 Å². The first-order chi connectivity index (χ1) is 16.2. The SMILES string of the molecule is Cc1nc2c(cnn2C(C)C)c(C)c1CCC(=O)Nc1ccc(S(=O)(=O)Nc2nccs2)cc1. The highest BCUT2D eigenvalue weighted by molar-refractivity contribution is 7.93. The number of benzene rings is 1. The molecule has 9 nitrogen and oxygen atoms in total. The first-order valence-corrected chi connectivity index (χ1v) is 13.2. The van der Waals surface area contributed by atoms with Gasteiger partial charge in [0.15, 0.2) is 10.8 Å². The van der Waals surface area contributed by atoms with Crippen molar-refractivity contribution in [2.75, 3.05) is 10.0 Å². The summed E-state index contributed by atoms with van der Waals surface area (Å²) in [5.74, 6) is -0.159. The zero-order chi connectivity index (χ0) is 24.5. The van der Waals surface area contributed by atoms with E-state index in [-0.39, 0.29) is 23.3 Å². The Hall–Kier alpha value is -3.31. The van der Waals surface area contributed by atoms with Gasteiger partial charge in [-0.05, 0) is 69.5 Å². The van der Waals surface area contributed by atoms with E-state index < -0.39 is 10.0 Å². The molecule has 3 heterocycles. The van der Waals surface area contributed by atoms with E-state index in [1.165, 1.54) is 29.7 Å². The fourth-order valence-electron chi connectivity index (χ4n) is 3.77. The molecule has 1 amide bonds. The number of anilines is 2. The number of carbonyl (C=O) groups excluding carboxylic acids is 1. The summed E-state index contributed by atoms with van der Waals surface area (Å²) in [6.45, 7) is 8.12. The van der Waals surface area contributed by atoms with Crippen molar-refractivity contribution in [1.29, 1.82) is 0 Å². The van der Waals surface area contributed by atoms with Gasteiger partial charge in [0, 0.05) is 40.8 Å². The topological polar surface area (TPSA) is 119 Å². The van der Waals surface area contributed by atoms with Gasteiger partial charge >= 0.3 is 0 Å². The maximum absolute atomic E-state index is 12.6. The van der Waals surface area contributed by atoms with Gasteiger partial charge in [0.2, 0.25) is 5.91 Å². The number of hydrogen-bond acceptors (Lipinski definition) is 7. The predicted molar refractivity (Wildman–Crippen MR) is 134 cm³/mol. The second-order valence-corrected chi connectivity index (χ2v) is 10.8. The van der Waals surface area contributed by atoms with Crippen LogP contribution in [0.5, 0.6) is 0 Å². The molecule has 0 bridgehead atoms. The minimum absolute atomic E-state index is 0.0910. The van der Waals surface area contributed by atoms with Crippen LogP contribution in [0.1, 0.15) is 43.1 Å². The largest absolute Gasteiger partial charge is 0.326 e. The Morgan fingerprint density at radius 2 is 1.91 bits per heavy atom. The van der Waals surface area contributed by atoms with Crippen molar-refractivity contribution in [2.24, 2.45) is 0 Å². The van der Waals surface area contributed by atoms with E-state index >= 15 is 0 Å². The van der Waals surface area contributed by atoms with Gasteiger partial charge in [0.05, 0.1) is 11.1 Å². The molecular weight excluding hydrogens is 472 g/mol. The van der Waals surface area contributed by atoms with Crippen molar-refractivity contribution in [2.45, 2.75) is 51.5 Å². The number of nitrogens with zero attached hydrogens (tertiary/aromatic N) is 4.